The van der Waals surface area contributed by atoms with Gasteiger partial charge in [0.25, 0.3) is 0 Å². The highest BCUT2D eigenvalue weighted by molar-refractivity contribution is 5.66. The summed E-state index contributed by atoms with van der Waals surface area (Å²) in [5.41, 5.74) is 9.27. The van der Waals surface area contributed by atoms with Crippen LogP contribution in [0.1, 0.15) is 30.3 Å². The molecule has 0 saturated heterocycles. The van der Waals surface area contributed by atoms with Gasteiger partial charge in [-0.25, -0.2) is 9.97 Å². The third kappa shape index (κ3) is 2.90. The smallest absolute Gasteiger partial charge is 0.141 e. The molecule has 4 heteroatoms. The van der Waals surface area contributed by atoms with Gasteiger partial charge in [0.05, 0.1) is 0 Å². The zero-order chi connectivity index (χ0) is 14.7. The van der Waals surface area contributed by atoms with Crippen LogP contribution in [0, 0.1) is 13.8 Å². The van der Waals surface area contributed by atoms with Gasteiger partial charge in [0, 0.05) is 24.7 Å². The zero-order valence-corrected chi connectivity index (χ0v) is 12.6. The van der Waals surface area contributed by atoms with Gasteiger partial charge in [-0.1, -0.05) is 19.1 Å². The van der Waals surface area contributed by atoms with E-state index in [1.54, 1.807) is 0 Å². The third-order valence-electron chi connectivity index (χ3n) is 3.38. The van der Waals surface area contributed by atoms with E-state index in [-0.39, 0.29) is 0 Å². The first-order chi connectivity index (χ1) is 9.52. The lowest BCUT2D eigenvalue weighted by Crippen LogP contribution is -2.16. The summed E-state index contributed by atoms with van der Waals surface area (Å²) in [7, 11) is 2.01. The van der Waals surface area contributed by atoms with Crippen LogP contribution in [-0.4, -0.2) is 17.0 Å². The van der Waals surface area contributed by atoms with Gasteiger partial charge in [0.1, 0.15) is 17.5 Å². The molecule has 0 aliphatic carbocycles. The highest BCUT2D eigenvalue weighted by Gasteiger charge is 2.13. The highest BCUT2D eigenvalue weighted by Crippen LogP contribution is 2.27. The topological polar surface area (TPSA) is 55.0 Å². The second-order valence-electron chi connectivity index (χ2n) is 5.12. The molecule has 0 atom stereocenters. The molecule has 0 spiro atoms. The quantitative estimate of drug-likeness (QED) is 0.925. The Labute approximate surface area is 120 Å². The van der Waals surface area contributed by atoms with Gasteiger partial charge >= 0.3 is 0 Å². The van der Waals surface area contributed by atoms with E-state index in [4.69, 9.17) is 5.73 Å². The molecular formula is C16H22N4. The number of nitrogens with two attached hydrogens (primary N) is 1. The Bertz CT molecular complexity index is 607. The predicted octanol–water partition coefficient (Wildman–Crippen LogP) is 3.40. The van der Waals surface area contributed by atoms with E-state index in [1.165, 1.54) is 5.56 Å². The van der Waals surface area contributed by atoms with E-state index < -0.39 is 0 Å². The second kappa shape index (κ2) is 5.90. The van der Waals surface area contributed by atoms with E-state index >= 15 is 0 Å². The largest absolute Gasteiger partial charge is 0.383 e. The number of hydrogen-bond donors (Lipinski definition) is 1. The summed E-state index contributed by atoms with van der Waals surface area (Å²) in [6.45, 7) is 6.16. The first kappa shape index (κ1) is 14.3. The number of anilines is 3. The minimum atomic E-state index is 0.568. The highest BCUT2D eigenvalue weighted by atomic mass is 15.2. The Kier molecular flexibility index (Phi) is 4.23. The van der Waals surface area contributed by atoms with Crippen LogP contribution in [0.5, 0.6) is 0 Å². The van der Waals surface area contributed by atoms with Crippen LogP contribution in [-0.2, 0) is 6.42 Å². The van der Waals surface area contributed by atoms with Crippen LogP contribution >= 0.6 is 0 Å². The van der Waals surface area contributed by atoms with Gasteiger partial charge < -0.3 is 10.6 Å². The van der Waals surface area contributed by atoms with Gasteiger partial charge in [-0.05, 0) is 38.0 Å². The normalized spacial score (nSPS) is 10.6. The molecule has 4 nitrogen and oxygen atoms in total. The van der Waals surface area contributed by atoms with E-state index in [2.05, 4.69) is 46.9 Å². The molecule has 0 unspecified atom stereocenters. The molecule has 0 aliphatic rings. The van der Waals surface area contributed by atoms with Crippen molar-refractivity contribution in [1.82, 2.24) is 9.97 Å². The van der Waals surface area contributed by atoms with Crippen molar-refractivity contribution >= 4 is 17.3 Å². The summed E-state index contributed by atoms with van der Waals surface area (Å²) in [5, 5.41) is 0. The number of aryl methyl sites for hydroxylation is 2. The molecule has 0 amide bonds. The summed E-state index contributed by atoms with van der Waals surface area (Å²) in [5.74, 6) is 2.26. The fourth-order valence-electron chi connectivity index (χ4n) is 2.19. The maximum atomic E-state index is 6.02. The number of nitrogen functional groups attached to an aromatic ring is 1. The first-order valence-corrected chi connectivity index (χ1v) is 6.96. The Morgan fingerprint density at radius 3 is 2.60 bits per heavy atom. The second-order valence-corrected chi connectivity index (χ2v) is 5.12. The van der Waals surface area contributed by atoms with E-state index in [9.17, 15) is 0 Å². The average Bonchev–Trinajstić information content (AvgIpc) is 2.42. The molecule has 0 bridgehead atoms. The maximum Gasteiger partial charge on any atom is 0.141 e. The van der Waals surface area contributed by atoms with Crippen molar-refractivity contribution < 1.29 is 0 Å². The molecule has 0 aliphatic heterocycles. The first-order valence-electron chi connectivity index (χ1n) is 6.96. The van der Waals surface area contributed by atoms with Gasteiger partial charge in [-0.15, -0.1) is 0 Å². The Balaban J connectivity index is 2.45. The molecule has 20 heavy (non-hydrogen) atoms. The van der Waals surface area contributed by atoms with Crippen LogP contribution in [0.15, 0.2) is 24.3 Å². The minimum absolute atomic E-state index is 0.568. The molecule has 106 valence electrons. The molecule has 2 N–H and O–H groups in total. The van der Waals surface area contributed by atoms with Gasteiger partial charge in [0.15, 0.2) is 0 Å². The van der Waals surface area contributed by atoms with Gasteiger partial charge in [0.2, 0.25) is 0 Å². The van der Waals surface area contributed by atoms with E-state index in [0.29, 0.717) is 5.82 Å². The van der Waals surface area contributed by atoms with Crippen LogP contribution in [0.25, 0.3) is 0 Å². The summed E-state index contributed by atoms with van der Waals surface area (Å²) in [6.07, 6.45) is 1.86. The summed E-state index contributed by atoms with van der Waals surface area (Å²) in [6, 6.07) is 8.34. The van der Waals surface area contributed by atoms with Crippen LogP contribution < -0.4 is 10.6 Å². The van der Waals surface area contributed by atoms with Gasteiger partial charge in [-0.3, -0.25) is 0 Å². The van der Waals surface area contributed by atoms with Crippen molar-refractivity contribution in [3.05, 3.63) is 41.2 Å². The Morgan fingerprint density at radius 2 is 1.95 bits per heavy atom. The molecule has 0 saturated carbocycles. The van der Waals surface area contributed by atoms with Crippen molar-refractivity contribution in [2.45, 2.75) is 33.6 Å². The Hall–Kier alpha value is -2.10. The summed E-state index contributed by atoms with van der Waals surface area (Å²) >= 11 is 0. The van der Waals surface area contributed by atoms with Crippen molar-refractivity contribution in [3.8, 4) is 0 Å². The number of benzene rings is 1. The standard InChI is InChI=1S/C16H22N4/c1-5-7-14-18-15(17)12(3)16(19-14)20(4)13-9-6-8-11(2)10-13/h6,8-10H,5,7H2,1-4H3,(H2,17,18,19). The summed E-state index contributed by atoms with van der Waals surface area (Å²) < 4.78 is 0. The average molecular weight is 270 g/mol. The molecule has 2 rings (SSSR count). The van der Waals surface area contributed by atoms with Crippen molar-refractivity contribution in [3.63, 3.8) is 0 Å². The SMILES string of the molecule is CCCc1nc(N)c(C)c(N(C)c2cccc(C)c2)n1. The lowest BCUT2D eigenvalue weighted by Gasteiger charge is -2.22. The van der Waals surface area contributed by atoms with Gasteiger partial charge in [-0.2, -0.15) is 0 Å². The number of hydrogen-bond acceptors (Lipinski definition) is 4. The predicted molar refractivity (Wildman–Crippen MR) is 84.4 cm³/mol. The molecule has 1 aromatic heterocycles. The molecule has 0 fully saturated rings. The van der Waals surface area contributed by atoms with E-state index in [0.717, 1.165) is 35.7 Å². The van der Waals surface area contributed by atoms with Crippen LogP contribution in [0.3, 0.4) is 0 Å². The fourth-order valence-corrected chi connectivity index (χ4v) is 2.19. The summed E-state index contributed by atoms with van der Waals surface area (Å²) in [4.78, 5) is 11.1. The zero-order valence-electron chi connectivity index (χ0n) is 12.6. The lowest BCUT2D eigenvalue weighted by atomic mass is 10.2. The maximum absolute atomic E-state index is 6.02. The minimum Gasteiger partial charge on any atom is -0.383 e. The molecule has 1 heterocycles. The van der Waals surface area contributed by atoms with Crippen molar-refractivity contribution in [2.24, 2.45) is 0 Å². The van der Waals surface area contributed by atoms with Crippen molar-refractivity contribution in [2.75, 3.05) is 17.7 Å². The van der Waals surface area contributed by atoms with Crippen molar-refractivity contribution in [1.29, 1.82) is 0 Å². The molecular weight excluding hydrogens is 248 g/mol. The third-order valence-corrected chi connectivity index (χ3v) is 3.38. The molecule has 1 aromatic carbocycles. The number of nitrogens with zero attached hydrogens (tertiary/aromatic N) is 3. The molecule has 2 aromatic rings. The number of aromatic nitrogens is 2. The monoisotopic (exact) mass is 270 g/mol. The Morgan fingerprint density at radius 1 is 1.20 bits per heavy atom. The lowest BCUT2D eigenvalue weighted by molar-refractivity contribution is 0.830. The number of rotatable bonds is 4. The van der Waals surface area contributed by atoms with Crippen LogP contribution in [0.2, 0.25) is 0 Å². The molecule has 0 radical (unpaired) electrons. The van der Waals surface area contributed by atoms with Crippen LogP contribution in [0.4, 0.5) is 17.3 Å². The van der Waals surface area contributed by atoms with E-state index in [1.807, 2.05) is 20.0 Å². The fraction of sp³-hybridized carbons (Fsp3) is 0.375.